The van der Waals surface area contributed by atoms with Gasteiger partial charge in [-0.1, -0.05) is 34.6 Å². The number of amides is 2. The summed E-state index contributed by atoms with van der Waals surface area (Å²) in [6, 6.07) is -0.257. The zero-order valence-electron chi connectivity index (χ0n) is 13.5. The predicted molar refractivity (Wildman–Crippen MR) is 78.3 cm³/mol. The third kappa shape index (κ3) is 3.87. The van der Waals surface area contributed by atoms with Crippen molar-refractivity contribution in [1.29, 1.82) is 0 Å². The summed E-state index contributed by atoms with van der Waals surface area (Å²) in [6.45, 7) is 11.1. The highest BCUT2D eigenvalue weighted by Crippen LogP contribution is 2.29. The van der Waals surface area contributed by atoms with E-state index in [9.17, 15) is 9.59 Å². The Kier molecular flexibility index (Phi) is 5.84. The van der Waals surface area contributed by atoms with Crippen LogP contribution in [0.3, 0.4) is 0 Å². The molecule has 3 atom stereocenters. The van der Waals surface area contributed by atoms with Crippen molar-refractivity contribution in [1.82, 2.24) is 10.2 Å². The molecule has 116 valence electrons. The lowest BCUT2D eigenvalue weighted by molar-refractivity contribution is -0.136. The molecule has 0 aromatic heterocycles. The molecule has 20 heavy (non-hydrogen) atoms. The van der Waals surface area contributed by atoms with Crippen molar-refractivity contribution >= 4 is 12.0 Å². The van der Waals surface area contributed by atoms with Gasteiger partial charge in [-0.05, 0) is 24.2 Å². The lowest BCUT2D eigenvalue weighted by Crippen LogP contribution is -2.53. The predicted octanol–water partition coefficient (Wildman–Crippen LogP) is 2.26. The maximum atomic E-state index is 12.8. The van der Waals surface area contributed by atoms with E-state index in [0.29, 0.717) is 11.8 Å². The van der Waals surface area contributed by atoms with E-state index >= 15 is 0 Å². The van der Waals surface area contributed by atoms with Gasteiger partial charge in [-0.2, -0.15) is 0 Å². The minimum atomic E-state index is -0.551. The Labute approximate surface area is 122 Å². The fourth-order valence-electron chi connectivity index (χ4n) is 2.85. The van der Waals surface area contributed by atoms with Gasteiger partial charge in [0.25, 0.3) is 0 Å². The first-order valence-electron chi connectivity index (χ1n) is 7.42. The van der Waals surface area contributed by atoms with Gasteiger partial charge in [0.15, 0.2) is 0 Å². The molecular weight excluding hydrogens is 256 g/mol. The van der Waals surface area contributed by atoms with Crippen LogP contribution in [0.4, 0.5) is 4.79 Å². The van der Waals surface area contributed by atoms with Gasteiger partial charge >= 0.3 is 6.09 Å². The van der Waals surface area contributed by atoms with Crippen LogP contribution in [0.25, 0.3) is 0 Å². The molecule has 0 radical (unpaired) electrons. The third-order valence-electron chi connectivity index (χ3n) is 4.00. The highest BCUT2D eigenvalue weighted by Gasteiger charge is 2.39. The van der Waals surface area contributed by atoms with Gasteiger partial charge in [0, 0.05) is 12.6 Å². The first-order valence-corrected chi connectivity index (χ1v) is 7.42. The largest absolute Gasteiger partial charge is 0.453 e. The molecule has 0 aromatic rings. The van der Waals surface area contributed by atoms with Gasteiger partial charge in [0.2, 0.25) is 5.91 Å². The molecule has 1 aliphatic rings. The molecule has 0 spiro atoms. The summed E-state index contributed by atoms with van der Waals surface area (Å²) in [5.41, 5.74) is 0. The maximum Gasteiger partial charge on any atom is 0.407 e. The van der Waals surface area contributed by atoms with Crippen molar-refractivity contribution in [3.8, 4) is 0 Å². The van der Waals surface area contributed by atoms with Crippen molar-refractivity contribution in [2.45, 2.75) is 53.1 Å². The third-order valence-corrected chi connectivity index (χ3v) is 4.00. The molecule has 1 rings (SSSR count). The molecule has 0 saturated carbocycles. The van der Waals surface area contributed by atoms with Crippen LogP contribution in [0.5, 0.6) is 0 Å². The number of likely N-dealkylation sites (tertiary alicyclic amines) is 1. The Hall–Kier alpha value is -1.26. The summed E-state index contributed by atoms with van der Waals surface area (Å²) in [7, 11) is 1.31. The summed E-state index contributed by atoms with van der Waals surface area (Å²) in [6.07, 6.45) is 0.484. The summed E-state index contributed by atoms with van der Waals surface area (Å²) < 4.78 is 4.62. The molecule has 1 aliphatic heterocycles. The summed E-state index contributed by atoms with van der Waals surface area (Å²) in [5, 5.41) is 2.66. The van der Waals surface area contributed by atoms with Gasteiger partial charge in [-0.25, -0.2) is 4.79 Å². The van der Waals surface area contributed by atoms with Crippen LogP contribution in [0.15, 0.2) is 0 Å². The smallest absolute Gasteiger partial charge is 0.407 e. The van der Waals surface area contributed by atoms with E-state index in [-0.39, 0.29) is 17.9 Å². The van der Waals surface area contributed by atoms with Crippen LogP contribution in [-0.2, 0) is 9.53 Å². The maximum absolute atomic E-state index is 12.8. The summed E-state index contributed by atoms with van der Waals surface area (Å²) in [4.78, 5) is 26.1. The second kappa shape index (κ2) is 6.95. The average Bonchev–Trinajstić information content (AvgIpc) is 2.76. The number of methoxy groups -OCH3 is 1. The number of rotatable bonds is 4. The Morgan fingerprint density at radius 2 is 1.85 bits per heavy atom. The number of ether oxygens (including phenoxy) is 1. The number of carbonyl (C=O) groups excluding carboxylic acids is 2. The number of nitrogens with one attached hydrogen (secondary N) is 1. The van der Waals surface area contributed by atoms with E-state index in [4.69, 9.17) is 0 Å². The van der Waals surface area contributed by atoms with Crippen LogP contribution in [0.1, 0.15) is 41.0 Å². The monoisotopic (exact) mass is 284 g/mol. The molecule has 0 bridgehead atoms. The Morgan fingerprint density at radius 1 is 1.25 bits per heavy atom. The van der Waals surface area contributed by atoms with E-state index in [0.717, 1.165) is 13.0 Å². The standard InChI is InChI=1S/C15H28N2O3/c1-9(2)12-7-11(5)8-17(12)14(18)13(10(3)4)16-15(19)20-6/h9-13H,7-8H2,1-6H3,(H,16,19)/t11-,12-,13-/m0/s1. The molecule has 0 aliphatic carbocycles. The molecule has 0 unspecified atom stereocenters. The van der Waals surface area contributed by atoms with Gasteiger partial charge in [-0.15, -0.1) is 0 Å². The van der Waals surface area contributed by atoms with Crippen LogP contribution in [0.2, 0.25) is 0 Å². The molecule has 5 nitrogen and oxygen atoms in total. The summed E-state index contributed by atoms with van der Waals surface area (Å²) in [5.74, 6) is 0.978. The van der Waals surface area contributed by atoms with E-state index in [2.05, 4.69) is 30.8 Å². The second-order valence-corrected chi connectivity index (χ2v) is 6.50. The van der Waals surface area contributed by atoms with Gasteiger partial charge in [0.1, 0.15) is 6.04 Å². The number of hydrogen-bond donors (Lipinski definition) is 1. The molecule has 1 N–H and O–H groups in total. The number of nitrogens with zero attached hydrogens (tertiary/aromatic N) is 1. The first-order chi connectivity index (χ1) is 9.27. The van der Waals surface area contributed by atoms with Crippen molar-refractivity contribution < 1.29 is 14.3 Å². The number of hydrogen-bond acceptors (Lipinski definition) is 3. The quantitative estimate of drug-likeness (QED) is 0.861. The minimum Gasteiger partial charge on any atom is -0.453 e. The highest BCUT2D eigenvalue weighted by molar-refractivity contribution is 5.86. The van der Waals surface area contributed by atoms with Crippen molar-refractivity contribution in [3.05, 3.63) is 0 Å². The van der Waals surface area contributed by atoms with Crippen LogP contribution >= 0.6 is 0 Å². The van der Waals surface area contributed by atoms with Crippen LogP contribution < -0.4 is 5.32 Å². The fourth-order valence-corrected chi connectivity index (χ4v) is 2.85. The Bertz CT molecular complexity index is 355. The van der Waals surface area contributed by atoms with Gasteiger partial charge in [0.05, 0.1) is 7.11 Å². The molecule has 1 heterocycles. The van der Waals surface area contributed by atoms with Gasteiger partial charge in [-0.3, -0.25) is 4.79 Å². The molecular formula is C15H28N2O3. The molecule has 1 fully saturated rings. The minimum absolute atomic E-state index is 0.00782. The van der Waals surface area contributed by atoms with Gasteiger partial charge < -0.3 is 15.0 Å². The zero-order valence-corrected chi connectivity index (χ0v) is 13.5. The van der Waals surface area contributed by atoms with Crippen molar-refractivity contribution in [2.75, 3.05) is 13.7 Å². The average molecular weight is 284 g/mol. The highest BCUT2D eigenvalue weighted by atomic mass is 16.5. The lowest BCUT2D eigenvalue weighted by atomic mass is 9.97. The molecule has 2 amide bonds. The van der Waals surface area contributed by atoms with E-state index < -0.39 is 12.1 Å². The van der Waals surface area contributed by atoms with Crippen molar-refractivity contribution in [2.24, 2.45) is 17.8 Å². The summed E-state index contributed by atoms with van der Waals surface area (Å²) >= 11 is 0. The van der Waals surface area contributed by atoms with E-state index in [1.54, 1.807) is 0 Å². The van der Waals surface area contributed by atoms with E-state index in [1.807, 2.05) is 18.7 Å². The second-order valence-electron chi connectivity index (χ2n) is 6.50. The SMILES string of the molecule is COC(=O)N[C@H](C(=O)N1C[C@@H](C)C[C@H]1C(C)C)C(C)C. The van der Waals surface area contributed by atoms with Crippen LogP contribution in [-0.4, -0.2) is 42.6 Å². The molecule has 0 aromatic carbocycles. The fraction of sp³-hybridized carbons (Fsp3) is 0.867. The van der Waals surface area contributed by atoms with Crippen molar-refractivity contribution in [3.63, 3.8) is 0 Å². The topological polar surface area (TPSA) is 58.6 Å². The Morgan fingerprint density at radius 3 is 2.30 bits per heavy atom. The van der Waals surface area contributed by atoms with E-state index in [1.165, 1.54) is 7.11 Å². The molecule has 5 heteroatoms. The zero-order chi connectivity index (χ0) is 15.4. The normalized spacial score (nSPS) is 24.1. The lowest BCUT2D eigenvalue weighted by Gasteiger charge is -2.32. The first kappa shape index (κ1) is 16.8. The Balaban J connectivity index is 2.85. The van der Waals surface area contributed by atoms with Crippen LogP contribution in [0, 0.1) is 17.8 Å². The number of carbonyl (C=O) groups is 2. The molecule has 1 saturated heterocycles. The number of alkyl carbamates (subject to hydrolysis) is 1.